The minimum absolute atomic E-state index is 0.433. The van der Waals surface area contributed by atoms with Crippen molar-refractivity contribution in [2.45, 2.75) is 31.8 Å². The molecular formula is C14H18N2. The summed E-state index contributed by atoms with van der Waals surface area (Å²) in [5.41, 5.74) is 1.33. The maximum Gasteiger partial charge on any atom is 0.0295 e. The molecule has 0 radical (unpaired) electrons. The Morgan fingerprint density at radius 2 is 2.19 bits per heavy atom. The van der Waals surface area contributed by atoms with Crippen molar-refractivity contribution in [2.24, 2.45) is 11.8 Å². The summed E-state index contributed by atoms with van der Waals surface area (Å²) in [4.78, 5) is 4.06. The average molecular weight is 214 g/mol. The van der Waals surface area contributed by atoms with Crippen LogP contribution in [0.5, 0.6) is 0 Å². The van der Waals surface area contributed by atoms with Crippen LogP contribution in [0.1, 0.15) is 31.4 Å². The Labute approximate surface area is 96.8 Å². The maximum absolute atomic E-state index is 4.06. The summed E-state index contributed by atoms with van der Waals surface area (Å²) < 4.78 is 0. The van der Waals surface area contributed by atoms with Crippen LogP contribution in [0.25, 0.3) is 0 Å². The molecule has 4 atom stereocenters. The number of hydrogen-bond acceptors (Lipinski definition) is 2. The zero-order valence-corrected chi connectivity index (χ0v) is 9.63. The summed E-state index contributed by atoms with van der Waals surface area (Å²) >= 11 is 0. The van der Waals surface area contributed by atoms with Crippen molar-refractivity contribution in [3.63, 3.8) is 0 Å². The van der Waals surface area contributed by atoms with Gasteiger partial charge in [-0.05, 0) is 49.3 Å². The largest absolute Gasteiger partial charge is 0.307 e. The van der Waals surface area contributed by atoms with Crippen molar-refractivity contribution >= 4 is 0 Å². The number of hydrogen-bond donors (Lipinski definition) is 1. The average Bonchev–Trinajstić information content (AvgIpc) is 2.68. The van der Waals surface area contributed by atoms with Gasteiger partial charge in [0.25, 0.3) is 0 Å². The zero-order valence-electron chi connectivity index (χ0n) is 9.63. The van der Waals surface area contributed by atoms with Gasteiger partial charge >= 0.3 is 0 Å². The molecule has 3 rings (SSSR count). The molecular weight excluding hydrogens is 196 g/mol. The minimum atomic E-state index is 0.433. The summed E-state index contributed by atoms with van der Waals surface area (Å²) in [6.45, 7) is 2.24. The molecule has 16 heavy (non-hydrogen) atoms. The Balaban J connectivity index is 1.61. The molecule has 3 unspecified atom stereocenters. The van der Waals surface area contributed by atoms with E-state index >= 15 is 0 Å². The minimum Gasteiger partial charge on any atom is -0.307 e. The Bertz CT molecular complexity index is 385. The zero-order chi connectivity index (χ0) is 11.0. The molecule has 84 valence electrons. The third-order valence-corrected chi connectivity index (χ3v) is 4.03. The molecule has 0 amide bonds. The second-order valence-corrected chi connectivity index (χ2v) is 5.01. The van der Waals surface area contributed by atoms with Crippen LogP contribution in [0.3, 0.4) is 0 Å². The summed E-state index contributed by atoms with van der Waals surface area (Å²) in [6, 6.07) is 5.31. The van der Waals surface area contributed by atoms with E-state index in [1.807, 2.05) is 12.4 Å². The van der Waals surface area contributed by atoms with Crippen LogP contribution in [0.4, 0.5) is 0 Å². The Morgan fingerprint density at radius 1 is 1.38 bits per heavy atom. The molecule has 0 aromatic carbocycles. The molecule has 1 aromatic heterocycles. The Kier molecular flexibility index (Phi) is 2.52. The fraction of sp³-hybridized carbons (Fsp3) is 0.500. The van der Waals surface area contributed by atoms with Crippen molar-refractivity contribution in [2.75, 3.05) is 0 Å². The van der Waals surface area contributed by atoms with Crippen LogP contribution >= 0.6 is 0 Å². The van der Waals surface area contributed by atoms with Crippen LogP contribution in [0.2, 0.25) is 0 Å². The van der Waals surface area contributed by atoms with Crippen molar-refractivity contribution in [1.82, 2.24) is 10.3 Å². The van der Waals surface area contributed by atoms with Crippen LogP contribution < -0.4 is 5.32 Å². The van der Waals surface area contributed by atoms with Crippen molar-refractivity contribution < 1.29 is 0 Å². The van der Waals surface area contributed by atoms with Crippen molar-refractivity contribution in [1.29, 1.82) is 0 Å². The van der Waals surface area contributed by atoms with E-state index in [0.717, 1.165) is 11.8 Å². The molecule has 0 spiro atoms. The first-order chi connectivity index (χ1) is 7.84. The fourth-order valence-corrected chi connectivity index (χ4v) is 2.98. The molecule has 1 heterocycles. The lowest BCUT2D eigenvalue weighted by Gasteiger charge is -2.42. The first kappa shape index (κ1) is 10.0. The van der Waals surface area contributed by atoms with Gasteiger partial charge in [-0.15, -0.1) is 0 Å². The lowest BCUT2D eigenvalue weighted by atomic mass is 9.71. The molecule has 1 N–H and O–H groups in total. The molecule has 2 aliphatic carbocycles. The number of fused-ring (bicyclic) bond motifs is 1. The van der Waals surface area contributed by atoms with E-state index in [-0.39, 0.29) is 0 Å². The number of pyridine rings is 1. The number of aromatic nitrogens is 1. The highest BCUT2D eigenvalue weighted by molar-refractivity contribution is 5.17. The van der Waals surface area contributed by atoms with Gasteiger partial charge in [0.05, 0.1) is 0 Å². The first-order valence-electron chi connectivity index (χ1n) is 6.17. The molecule has 0 saturated heterocycles. The lowest BCUT2D eigenvalue weighted by molar-refractivity contribution is 0.152. The standard InChI is InChI=1S/C14H18N2/c1-10(11-5-7-15-8-6-11)16-14-9-12-3-2-4-13(12)14/h2,4-8,10,12-14,16H,3,9H2,1H3/t10-,12?,13?,14?/m0/s1. The van der Waals surface area contributed by atoms with E-state index < -0.39 is 0 Å². The smallest absolute Gasteiger partial charge is 0.0295 e. The molecule has 1 aromatic rings. The van der Waals surface area contributed by atoms with Gasteiger partial charge in [-0.1, -0.05) is 12.2 Å². The molecule has 2 aliphatic rings. The summed E-state index contributed by atoms with van der Waals surface area (Å²) in [5.74, 6) is 1.73. The number of allylic oxidation sites excluding steroid dienone is 1. The van der Waals surface area contributed by atoms with Crippen LogP contribution in [-0.2, 0) is 0 Å². The number of nitrogens with zero attached hydrogens (tertiary/aromatic N) is 1. The highest BCUT2D eigenvalue weighted by Gasteiger charge is 2.41. The van der Waals surface area contributed by atoms with Crippen LogP contribution in [0, 0.1) is 11.8 Å². The topological polar surface area (TPSA) is 24.9 Å². The summed E-state index contributed by atoms with van der Waals surface area (Å²) in [7, 11) is 0. The monoisotopic (exact) mass is 214 g/mol. The molecule has 1 saturated carbocycles. The highest BCUT2D eigenvalue weighted by Crippen LogP contribution is 2.43. The van der Waals surface area contributed by atoms with Gasteiger partial charge in [0, 0.05) is 24.5 Å². The van der Waals surface area contributed by atoms with E-state index in [0.29, 0.717) is 12.1 Å². The number of rotatable bonds is 3. The third-order valence-electron chi connectivity index (χ3n) is 4.03. The molecule has 2 heteroatoms. The van der Waals surface area contributed by atoms with E-state index in [1.165, 1.54) is 18.4 Å². The molecule has 1 fully saturated rings. The van der Waals surface area contributed by atoms with E-state index in [4.69, 9.17) is 0 Å². The van der Waals surface area contributed by atoms with Crippen LogP contribution in [0.15, 0.2) is 36.7 Å². The quantitative estimate of drug-likeness (QED) is 0.782. The Hall–Kier alpha value is -1.15. The SMILES string of the molecule is C[C@H](NC1CC2CC=CC21)c1ccncc1. The first-order valence-corrected chi connectivity index (χ1v) is 6.17. The van der Waals surface area contributed by atoms with Gasteiger partial charge in [0.15, 0.2) is 0 Å². The summed E-state index contributed by atoms with van der Waals surface area (Å²) in [6.07, 6.45) is 11.1. The van der Waals surface area contributed by atoms with Crippen LogP contribution in [-0.4, -0.2) is 11.0 Å². The van der Waals surface area contributed by atoms with Crippen molar-refractivity contribution in [3.05, 3.63) is 42.2 Å². The lowest BCUT2D eigenvalue weighted by Crippen LogP contribution is -2.48. The maximum atomic E-state index is 4.06. The van der Waals surface area contributed by atoms with E-state index in [2.05, 4.69) is 41.5 Å². The van der Waals surface area contributed by atoms with Gasteiger partial charge in [-0.25, -0.2) is 0 Å². The van der Waals surface area contributed by atoms with Crippen molar-refractivity contribution in [3.8, 4) is 0 Å². The van der Waals surface area contributed by atoms with Gasteiger partial charge < -0.3 is 5.32 Å². The molecule has 0 aliphatic heterocycles. The second-order valence-electron chi connectivity index (χ2n) is 5.01. The third kappa shape index (κ3) is 1.67. The summed E-state index contributed by atoms with van der Waals surface area (Å²) in [5, 5.41) is 3.72. The second kappa shape index (κ2) is 4.02. The molecule has 0 bridgehead atoms. The highest BCUT2D eigenvalue weighted by atomic mass is 15.0. The van der Waals surface area contributed by atoms with Gasteiger partial charge in [-0.2, -0.15) is 0 Å². The predicted molar refractivity (Wildman–Crippen MR) is 64.9 cm³/mol. The van der Waals surface area contributed by atoms with E-state index in [1.54, 1.807) is 0 Å². The number of nitrogens with one attached hydrogen (secondary N) is 1. The van der Waals surface area contributed by atoms with Gasteiger partial charge in [-0.3, -0.25) is 4.98 Å². The Morgan fingerprint density at radius 3 is 2.94 bits per heavy atom. The fourth-order valence-electron chi connectivity index (χ4n) is 2.98. The molecule has 2 nitrogen and oxygen atoms in total. The predicted octanol–water partition coefficient (Wildman–Crippen LogP) is 2.70. The normalized spacial score (nSPS) is 33.2. The van der Waals surface area contributed by atoms with E-state index in [9.17, 15) is 0 Å². The van der Waals surface area contributed by atoms with Gasteiger partial charge in [0.2, 0.25) is 0 Å². The van der Waals surface area contributed by atoms with Gasteiger partial charge in [0.1, 0.15) is 0 Å².